The number of rotatable bonds is 6. The van der Waals surface area contributed by atoms with Gasteiger partial charge in [-0.2, -0.15) is 5.10 Å². The van der Waals surface area contributed by atoms with Gasteiger partial charge in [0.15, 0.2) is 5.69 Å². The first kappa shape index (κ1) is 21.0. The fourth-order valence-electron chi connectivity index (χ4n) is 4.83. The lowest BCUT2D eigenvalue weighted by Crippen LogP contribution is -2.37. The van der Waals surface area contributed by atoms with Gasteiger partial charge in [-0.15, -0.1) is 0 Å². The number of carbonyl (C=O) groups is 1. The van der Waals surface area contributed by atoms with Gasteiger partial charge in [-0.3, -0.25) is 9.48 Å². The molecule has 162 valence electrons. The van der Waals surface area contributed by atoms with Gasteiger partial charge in [0.05, 0.1) is 0 Å². The number of amides is 1. The average molecular weight is 413 g/mol. The highest BCUT2D eigenvalue weighted by atomic mass is 19.1. The van der Waals surface area contributed by atoms with Gasteiger partial charge in [0.2, 0.25) is 0 Å². The van der Waals surface area contributed by atoms with Crippen LogP contribution in [-0.4, -0.2) is 46.3 Å². The van der Waals surface area contributed by atoms with Crippen LogP contribution in [0.5, 0.6) is 0 Å². The highest BCUT2D eigenvalue weighted by molar-refractivity contribution is 5.94. The molecule has 0 spiro atoms. The molecule has 1 saturated heterocycles. The first-order valence-corrected chi connectivity index (χ1v) is 11.5. The first-order valence-electron chi connectivity index (χ1n) is 11.5. The Labute approximate surface area is 178 Å². The van der Waals surface area contributed by atoms with Crippen molar-refractivity contribution in [2.24, 2.45) is 0 Å². The third-order valence-electron chi connectivity index (χ3n) is 6.53. The number of hydrogen-bond acceptors (Lipinski definition) is 3. The van der Waals surface area contributed by atoms with Gasteiger partial charge in [-0.25, -0.2) is 4.39 Å². The second-order valence-electron chi connectivity index (χ2n) is 8.53. The number of aromatic nitrogens is 2. The monoisotopic (exact) mass is 412 g/mol. The van der Waals surface area contributed by atoms with Crippen molar-refractivity contribution < 1.29 is 9.18 Å². The lowest BCUT2D eigenvalue weighted by molar-refractivity contribution is 0.0753. The summed E-state index contributed by atoms with van der Waals surface area (Å²) in [6.45, 7) is 5.30. The van der Waals surface area contributed by atoms with Crippen molar-refractivity contribution in [2.45, 2.75) is 70.9 Å². The van der Waals surface area contributed by atoms with Gasteiger partial charge in [0, 0.05) is 36.9 Å². The smallest absolute Gasteiger partial charge is 0.274 e. The molecule has 30 heavy (non-hydrogen) atoms. The fraction of sp³-hybridized carbons (Fsp3) is 0.583. The number of hydrogen-bond donors (Lipinski definition) is 1. The number of nitrogens with zero attached hydrogens (tertiary/aromatic N) is 3. The van der Waals surface area contributed by atoms with E-state index in [1.54, 1.807) is 6.07 Å². The normalized spacial score (nSPS) is 19.4. The molecule has 2 heterocycles. The third kappa shape index (κ3) is 4.59. The van der Waals surface area contributed by atoms with E-state index in [0.29, 0.717) is 18.2 Å². The molecule has 4 rings (SSSR count). The minimum atomic E-state index is -0.139. The molecule has 1 fully saturated rings. The van der Waals surface area contributed by atoms with Crippen molar-refractivity contribution in [3.8, 4) is 0 Å². The predicted molar refractivity (Wildman–Crippen MR) is 116 cm³/mol. The van der Waals surface area contributed by atoms with E-state index in [-0.39, 0.29) is 11.7 Å². The molecule has 1 aliphatic heterocycles. The molecule has 1 atom stereocenters. The topological polar surface area (TPSA) is 50.2 Å². The maximum Gasteiger partial charge on any atom is 0.274 e. The molecule has 5 nitrogen and oxygen atoms in total. The van der Waals surface area contributed by atoms with Crippen LogP contribution in [0, 0.1) is 5.82 Å². The standard InChI is InChI=1S/C24H33FN4O/c1-2-29-22-12-11-19(26-14-13-18-9-5-6-10-21(18)25)17-20(22)23(27-29)24(30)28-15-7-3-4-8-16-28/h5-6,9-10,19,26H,2-4,7-8,11-17H2,1H3. The molecule has 2 aliphatic rings. The number of benzene rings is 1. The molecule has 0 bridgehead atoms. The second kappa shape index (κ2) is 9.73. The summed E-state index contributed by atoms with van der Waals surface area (Å²) in [7, 11) is 0. The average Bonchev–Trinajstić information content (AvgIpc) is 2.92. The zero-order valence-electron chi connectivity index (χ0n) is 18.0. The van der Waals surface area contributed by atoms with Crippen LogP contribution in [0.2, 0.25) is 0 Å². The Morgan fingerprint density at radius 2 is 1.97 bits per heavy atom. The molecule has 6 heteroatoms. The van der Waals surface area contributed by atoms with Crippen LogP contribution in [0.1, 0.15) is 66.3 Å². The maximum atomic E-state index is 13.9. The van der Waals surface area contributed by atoms with Gasteiger partial charge >= 0.3 is 0 Å². The van der Waals surface area contributed by atoms with Crippen molar-refractivity contribution in [1.82, 2.24) is 20.0 Å². The van der Waals surface area contributed by atoms with E-state index in [9.17, 15) is 9.18 Å². The van der Waals surface area contributed by atoms with Crippen molar-refractivity contribution >= 4 is 5.91 Å². The van der Waals surface area contributed by atoms with Gasteiger partial charge in [0.25, 0.3) is 5.91 Å². The summed E-state index contributed by atoms with van der Waals surface area (Å²) in [5.41, 5.74) is 3.76. The largest absolute Gasteiger partial charge is 0.337 e. The zero-order valence-corrected chi connectivity index (χ0v) is 18.0. The van der Waals surface area contributed by atoms with Crippen molar-refractivity contribution in [1.29, 1.82) is 0 Å². The van der Waals surface area contributed by atoms with E-state index < -0.39 is 0 Å². The van der Waals surface area contributed by atoms with E-state index in [1.807, 2.05) is 21.7 Å². The second-order valence-corrected chi connectivity index (χ2v) is 8.53. The molecular formula is C24H33FN4O. The summed E-state index contributed by atoms with van der Waals surface area (Å²) in [5.74, 6) is -0.0351. The summed E-state index contributed by atoms with van der Waals surface area (Å²) in [5, 5.41) is 8.33. The molecule has 1 amide bonds. The molecule has 1 unspecified atom stereocenters. The lowest BCUT2D eigenvalue weighted by Gasteiger charge is -2.25. The molecule has 0 saturated carbocycles. The Morgan fingerprint density at radius 1 is 1.20 bits per heavy atom. The summed E-state index contributed by atoms with van der Waals surface area (Å²) in [4.78, 5) is 15.3. The van der Waals surface area contributed by atoms with Crippen LogP contribution >= 0.6 is 0 Å². The minimum Gasteiger partial charge on any atom is -0.337 e. The molecule has 0 radical (unpaired) electrons. The predicted octanol–water partition coefficient (Wildman–Crippen LogP) is 3.75. The van der Waals surface area contributed by atoms with E-state index in [4.69, 9.17) is 5.10 Å². The Kier molecular flexibility index (Phi) is 6.82. The van der Waals surface area contributed by atoms with Gasteiger partial charge in [-0.1, -0.05) is 31.0 Å². The van der Waals surface area contributed by atoms with Crippen LogP contribution in [0.3, 0.4) is 0 Å². The number of halogens is 1. The van der Waals surface area contributed by atoms with Crippen LogP contribution in [0.4, 0.5) is 4.39 Å². The van der Waals surface area contributed by atoms with E-state index in [1.165, 1.54) is 24.6 Å². The number of aryl methyl sites for hydroxylation is 1. The van der Waals surface area contributed by atoms with Crippen molar-refractivity contribution in [3.63, 3.8) is 0 Å². The molecule has 1 aromatic heterocycles. The highest BCUT2D eigenvalue weighted by Gasteiger charge is 2.31. The molecule has 1 aromatic carbocycles. The fourth-order valence-corrected chi connectivity index (χ4v) is 4.83. The Morgan fingerprint density at radius 3 is 2.70 bits per heavy atom. The quantitative estimate of drug-likeness (QED) is 0.786. The van der Waals surface area contributed by atoms with Crippen LogP contribution < -0.4 is 5.32 Å². The lowest BCUT2D eigenvalue weighted by atomic mass is 9.91. The zero-order chi connectivity index (χ0) is 20.9. The number of fused-ring (bicyclic) bond motifs is 1. The molecule has 2 aromatic rings. The van der Waals surface area contributed by atoms with Gasteiger partial charge in [0.1, 0.15) is 5.82 Å². The van der Waals surface area contributed by atoms with Crippen molar-refractivity contribution in [2.75, 3.05) is 19.6 Å². The summed E-state index contributed by atoms with van der Waals surface area (Å²) >= 11 is 0. The third-order valence-corrected chi connectivity index (χ3v) is 6.53. The van der Waals surface area contributed by atoms with Crippen LogP contribution in [0.25, 0.3) is 0 Å². The van der Waals surface area contributed by atoms with Crippen molar-refractivity contribution in [3.05, 3.63) is 52.6 Å². The van der Waals surface area contributed by atoms with Crippen LogP contribution in [0.15, 0.2) is 24.3 Å². The highest BCUT2D eigenvalue weighted by Crippen LogP contribution is 2.27. The minimum absolute atomic E-state index is 0.104. The maximum absolute atomic E-state index is 13.9. The molecule has 1 aliphatic carbocycles. The molecular weight excluding hydrogens is 379 g/mol. The summed E-state index contributed by atoms with van der Waals surface area (Å²) < 4.78 is 15.9. The van der Waals surface area contributed by atoms with E-state index >= 15 is 0 Å². The SMILES string of the molecule is CCn1nc(C(=O)N2CCCCCC2)c2c1CCC(NCCc1ccccc1F)C2. The Balaban J connectivity index is 1.44. The van der Waals surface area contributed by atoms with Gasteiger partial charge < -0.3 is 10.2 Å². The summed E-state index contributed by atoms with van der Waals surface area (Å²) in [6.07, 6.45) is 8.03. The van der Waals surface area contributed by atoms with E-state index in [2.05, 4.69) is 12.2 Å². The van der Waals surface area contributed by atoms with E-state index in [0.717, 1.165) is 69.4 Å². The number of nitrogens with one attached hydrogen (secondary N) is 1. The Hall–Kier alpha value is -2.21. The number of likely N-dealkylation sites (tertiary alicyclic amines) is 1. The van der Waals surface area contributed by atoms with Crippen LogP contribution in [-0.2, 0) is 25.8 Å². The summed E-state index contributed by atoms with van der Waals surface area (Å²) in [6, 6.07) is 7.27. The van der Waals surface area contributed by atoms with Gasteiger partial charge in [-0.05, 0) is 63.6 Å². The number of carbonyl (C=O) groups excluding carboxylic acids is 1. The Bertz CT molecular complexity index is 870. The molecule has 1 N–H and O–H groups in total. The first-order chi connectivity index (χ1) is 14.7.